The Kier molecular flexibility index (Phi) is 4.88. The van der Waals surface area contributed by atoms with Gasteiger partial charge in [0.15, 0.2) is 0 Å². The molecule has 1 fully saturated rings. The molecule has 0 unspecified atom stereocenters. The summed E-state index contributed by atoms with van der Waals surface area (Å²) in [6.07, 6.45) is 3.43. The highest BCUT2D eigenvalue weighted by Crippen LogP contribution is 2.29. The lowest BCUT2D eigenvalue weighted by atomic mass is 10.1. The first-order chi connectivity index (χ1) is 12.7. The second-order valence-corrected chi connectivity index (χ2v) is 7.03. The summed E-state index contributed by atoms with van der Waals surface area (Å²) in [4.78, 5) is 14.5. The molecule has 0 bridgehead atoms. The highest BCUT2D eigenvalue weighted by Gasteiger charge is 2.26. The van der Waals surface area contributed by atoms with Gasteiger partial charge in [0.25, 0.3) is 0 Å². The predicted octanol–water partition coefficient (Wildman–Crippen LogP) is 2.81. The van der Waals surface area contributed by atoms with Crippen LogP contribution in [-0.4, -0.2) is 39.1 Å². The summed E-state index contributed by atoms with van der Waals surface area (Å²) in [6, 6.07) is 7.85. The number of carbonyl (C=O) groups excluding carboxylic acids is 1. The van der Waals surface area contributed by atoms with Gasteiger partial charge in [-0.3, -0.25) is 0 Å². The first kappa shape index (κ1) is 17.0. The molecule has 1 saturated carbocycles. The Hall–Kier alpha value is -2.41. The lowest BCUT2D eigenvalue weighted by molar-refractivity contribution is 0.107. The third-order valence-electron chi connectivity index (χ3n) is 5.06. The van der Waals surface area contributed by atoms with Crippen LogP contribution in [-0.2, 0) is 30.9 Å². The van der Waals surface area contributed by atoms with E-state index in [1.807, 2.05) is 33.8 Å². The van der Waals surface area contributed by atoms with E-state index >= 15 is 0 Å². The zero-order valence-corrected chi connectivity index (χ0v) is 15.1. The van der Waals surface area contributed by atoms with Crippen LogP contribution in [0.4, 0.5) is 10.5 Å². The zero-order valence-electron chi connectivity index (χ0n) is 15.1. The van der Waals surface area contributed by atoms with Crippen LogP contribution < -0.4 is 5.32 Å². The standard InChI is InChI=1S/C19H25N5O2/c1-2-15-5-3-4-6-16(15)20-19(25)23-9-10-24-18(11-23)17(21-22-24)13-26-12-14-7-8-14/h3-6,14H,2,7-13H2,1H3,(H,20,25). The molecule has 0 atom stereocenters. The molecular weight excluding hydrogens is 330 g/mol. The fourth-order valence-electron chi connectivity index (χ4n) is 3.23. The van der Waals surface area contributed by atoms with Crippen molar-refractivity contribution in [2.75, 3.05) is 18.5 Å². The number of amides is 2. The number of carbonyl (C=O) groups is 1. The van der Waals surface area contributed by atoms with Gasteiger partial charge >= 0.3 is 6.03 Å². The van der Waals surface area contributed by atoms with Crippen molar-refractivity contribution in [3.05, 3.63) is 41.2 Å². The van der Waals surface area contributed by atoms with Crippen LogP contribution in [0, 0.1) is 5.92 Å². The van der Waals surface area contributed by atoms with Gasteiger partial charge in [0, 0.05) is 18.8 Å². The van der Waals surface area contributed by atoms with Crippen molar-refractivity contribution in [2.45, 2.75) is 45.9 Å². The number of rotatable bonds is 6. The zero-order chi connectivity index (χ0) is 17.9. The number of nitrogens with one attached hydrogen (secondary N) is 1. The number of aromatic nitrogens is 3. The van der Waals surface area contributed by atoms with Gasteiger partial charge in [0.1, 0.15) is 5.69 Å². The maximum absolute atomic E-state index is 12.7. The molecule has 138 valence electrons. The van der Waals surface area contributed by atoms with Crippen LogP contribution in [0.25, 0.3) is 0 Å². The molecule has 26 heavy (non-hydrogen) atoms. The molecule has 1 N–H and O–H groups in total. The Bertz CT molecular complexity index is 784. The fourth-order valence-corrected chi connectivity index (χ4v) is 3.23. The molecule has 4 rings (SSSR count). The molecule has 2 aliphatic rings. The maximum Gasteiger partial charge on any atom is 0.322 e. The molecule has 0 saturated heterocycles. The average molecular weight is 355 g/mol. The Morgan fingerprint density at radius 1 is 1.31 bits per heavy atom. The van der Waals surface area contributed by atoms with Gasteiger partial charge in [-0.25, -0.2) is 9.48 Å². The molecule has 1 aliphatic heterocycles. The summed E-state index contributed by atoms with van der Waals surface area (Å²) >= 11 is 0. The number of fused-ring (bicyclic) bond motifs is 1. The van der Waals surface area contributed by atoms with E-state index in [4.69, 9.17) is 4.74 Å². The lowest BCUT2D eigenvalue weighted by Gasteiger charge is -2.28. The Morgan fingerprint density at radius 2 is 2.15 bits per heavy atom. The number of nitrogens with zero attached hydrogens (tertiary/aromatic N) is 4. The number of hydrogen-bond acceptors (Lipinski definition) is 4. The Morgan fingerprint density at radius 3 is 2.96 bits per heavy atom. The van der Waals surface area contributed by atoms with E-state index in [-0.39, 0.29) is 6.03 Å². The summed E-state index contributed by atoms with van der Waals surface area (Å²) in [5, 5.41) is 11.5. The van der Waals surface area contributed by atoms with E-state index in [1.54, 1.807) is 0 Å². The molecule has 2 amide bonds. The third kappa shape index (κ3) is 3.72. The molecule has 0 radical (unpaired) electrons. The van der Waals surface area contributed by atoms with E-state index in [1.165, 1.54) is 12.8 Å². The van der Waals surface area contributed by atoms with Gasteiger partial charge in [-0.05, 0) is 36.8 Å². The second kappa shape index (κ2) is 7.45. The Balaban J connectivity index is 1.40. The first-order valence-corrected chi connectivity index (χ1v) is 9.37. The van der Waals surface area contributed by atoms with Crippen LogP contribution >= 0.6 is 0 Å². The van der Waals surface area contributed by atoms with Crippen molar-refractivity contribution in [1.82, 2.24) is 19.9 Å². The highest BCUT2D eigenvalue weighted by molar-refractivity contribution is 5.90. The first-order valence-electron chi connectivity index (χ1n) is 9.37. The van der Waals surface area contributed by atoms with E-state index < -0.39 is 0 Å². The SMILES string of the molecule is CCc1ccccc1NC(=O)N1CCn2nnc(COCC3CC3)c2C1. The minimum absolute atomic E-state index is 0.0804. The van der Waals surface area contributed by atoms with Gasteiger partial charge in [-0.2, -0.15) is 0 Å². The van der Waals surface area contributed by atoms with E-state index in [2.05, 4.69) is 22.6 Å². The number of benzene rings is 1. The second-order valence-electron chi connectivity index (χ2n) is 7.03. The van der Waals surface area contributed by atoms with Crippen molar-refractivity contribution in [3.63, 3.8) is 0 Å². The van der Waals surface area contributed by atoms with Gasteiger partial charge < -0.3 is 15.0 Å². The fraction of sp³-hybridized carbons (Fsp3) is 0.526. The van der Waals surface area contributed by atoms with Crippen LogP contribution in [0.2, 0.25) is 0 Å². The monoisotopic (exact) mass is 355 g/mol. The molecule has 1 aromatic carbocycles. The number of aryl methyl sites for hydroxylation is 1. The summed E-state index contributed by atoms with van der Waals surface area (Å²) in [7, 11) is 0. The minimum Gasteiger partial charge on any atom is -0.375 e. The molecular formula is C19H25N5O2. The van der Waals surface area contributed by atoms with Crippen molar-refractivity contribution in [2.24, 2.45) is 5.92 Å². The topological polar surface area (TPSA) is 72.3 Å². The smallest absolute Gasteiger partial charge is 0.322 e. The normalized spacial score (nSPS) is 16.4. The largest absolute Gasteiger partial charge is 0.375 e. The van der Waals surface area contributed by atoms with E-state index in [9.17, 15) is 4.79 Å². The summed E-state index contributed by atoms with van der Waals surface area (Å²) in [5.41, 5.74) is 3.84. The van der Waals surface area contributed by atoms with Gasteiger partial charge in [-0.15, -0.1) is 5.10 Å². The minimum atomic E-state index is -0.0804. The van der Waals surface area contributed by atoms with Crippen molar-refractivity contribution in [3.8, 4) is 0 Å². The number of hydrogen-bond donors (Lipinski definition) is 1. The molecule has 2 aromatic rings. The van der Waals surface area contributed by atoms with Crippen LogP contribution in [0.15, 0.2) is 24.3 Å². The van der Waals surface area contributed by atoms with Crippen molar-refractivity contribution < 1.29 is 9.53 Å². The summed E-state index contributed by atoms with van der Waals surface area (Å²) in [5.74, 6) is 0.724. The average Bonchev–Trinajstić information content (AvgIpc) is 3.41. The van der Waals surface area contributed by atoms with E-state index in [0.29, 0.717) is 26.2 Å². The Labute approximate surface area is 153 Å². The number of ether oxygens (including phenoxy) is 1. The lowest BCUT2D eigenvalue weighted by Crippen LogP contribution is -2.41. The molecule has 2 heterocycles. The molecule has 0 spiro atoms. The number of para-hydroxylation sites is 1. The van der Waals surface area contributed by atoms with Crippen LogP contribution in [0.5, 0.6) is 0 Å². The van der Waals surface area contributed by atoms with E-state index in [0.717, 1.165) is 41.6 Å². The van der Waals surface area contributed by atoms with Gasteiger partial charge in [0.2, 0.25) is 0 Å². The maximum atomic E-state index is 12.7. The summed E-state index contributed by atoms with van der Waals surface area (Å²) < 4.78 is 7.64. The van der Waals surface area contributed by atoms with Crippen LogP contribution in [0.1, 0.15) is 36.7 Å². The number of urea groups is 1. The highest BCUT2D eigenvalue weighted by atomic mass is 16.5. The molecule has 1 aliphatic carbocycles. The third-order valence-corrected chi connectivity index (χ3v) is 5.06. The van der Waals surface area contributed by atoms with Crippen molar-refractivity contribution >= 4 is 11.7 Å². The molecule has 1 aromatic heterocycles. The quantitative estimate of drug-likeness (QED) is 0.865. The summed E-state index contributed by atoms with van der Waals surface area (Å²) in [6.45, 7) is 5.15. The molecule has 7 heteroatoms. The van der Waals surface area contributed by atoms with Crippen LogP contribution in [0.3, 0.4) is 0 Å². The molecule has 7 nitrogen and oxygen atoms in total. The van der Waals surface area contributed by atoms with Gasteiger partial charge in [0.05, 0.1) is 25.4 Å². The van der Waals surface area contributed by atoms with Crippen molar-refractivity contribution in [1.29, 1.82) is 0 Å². The predicted molar refractivity (Wildman–Crippen MR) is 97.7 cm³/mol. The van der Waals surface area contributed by atoms with Gasteiger partial charge in [-0.1, -0.05) is 30.3 Å². The number of anilines is 1.